The fourth-order valence-electron chi connectivity index (χ4n) is 3.32. The third-order valence-corrected chi connectivity index (χ3v) is 4.72. The predicted molar refractivity (Wildman–Crippen MR) is 93.9 cm³/mol. The Morgan fingerprint density at radius 1 is 1.04 bits per heavy atom. The Kier molecular flexibility index (Phi) is 5.28. The van der Waals surface area contributed by atoms with Crippen molar-refractivity contribution >= 4 is 5.97 Å². The molecule has 1 aliphatic carbocycles. The van der Waals surface area contributed by atoms with Gasteiger partial charge in [-0.3, -0.25) is 0 Å². The van der Waals surface area contributed by atoms with Crippen LogP contribution in [0.3, 0.4) is 0 Å². The Bertz CT molecular complexity index is 696. The number of benzene rings is 2. The van der Waals surface area contributed by atoms with Crippen LogP contribution in [0, 0.1) is 0 Å². The van der Waals surface area contributed by atoms with Crippen molar-refractivity contribution in [1.82, 2.24) is 5.32 Å². The molecule has 0 aliphatic heterocycles. The molecule has 2 aromatic rings. The molecule has 1 fully saturated rings. The van der Waals surface area contributed by atoms with Crippen molar-refractivity contribution in [3.8, 4) is 11.1 Å². The minimum absolute atomic E-state index is 0.172. The maximum absolute atomic E-state index is 11.3. The molecule has 0 spiro atoms. The number of hydrogen-bond acceptors (Lipinski definition) is 3. The van der Waals surface area contributed by atoms with Crippen molar-refractivity contribution in [2.24, 2.45) is 0 Å². The van der Waals surface area contributed by atoms with Gasteiger partial charge in [0.1, 0.15) is 0 Å². The smallest absolute Gasteiger partial charge is 0.336 e. The minimum Gasteiger partial charge on any atom is -0.478 e. The highest BCUT2D eigenvalue weighted by atomic mass is 16.4. The maximum Gasteiger partial charge on any atom is 0.336 e. The van der Waals surface area contributed by atoms with E-state index in [9.17, 15) is 15.0 Å². The van der Waals surface area contributed by atoms with Crippen LogP contribution in [0.25, 0.3) is 11.1 Å². The molecule has 0 amide bonds. The number of aliphatic hydroxyl groups excluding tert-OH is 1. The predicted octanol–water partition coefficient (Wildman–Crippen LogP) is 3.44. The van der Waals surface area contributed by atoms with Gasteiger partial charge in [-0.1, -0.05) is 55.3 Å². The molecule has 3 N–H and O–H groups in total. The third-order valence-electron chi connectivity index (χ3n) is 4.72. The molecule has 3 rings (SSSR count). The second kappa shape index (κ2) is 7.60. The summed E-state index contributed by atoms with van der Waals surface area (Å²) >= 11 is 0. The molecule has 0 bridgehead atoms. The molecular formula is C20H23NO3. The van der Waals surface area contributed by atoms with Gasteiger partial charge < -0.3 is 15.5 Å². The molecule has 0 heterocycles. The van der Waals surface area contributed by atoms with Crippen molar-refractivity contribution in [2.45, 2.75) is 44.4 Å². The van der Waals surface area contributed by atoms with Crippen LogP contribution in [0.5, 0.6) is 0 Å². The van der Waals surface area contributed by atoms with Crippen LogP contribution in [0.1, 0.15) is 41.6 Å². The molecule has 0 radical (unpaired) electrons. The molecular weight excluding hydrogens is 302 g/mol. The lowest BCUT2D eigenvalue weighted by Crippen LogP contribution is -2.41. The van der Waals surface area contributed by atoms with Crippen molar-refractivity contribution in [2.75, 3.05) is 0 Å². The monoisotopic (exact) mass is 325 g/mol. The summed E-state index contributed by atoms with van der Waals surface area (Å²) in [6.07, 6.45) is 3.92. The van der Waals surface area contributed by atoms with Crippen LogP contribution in [-0.2, 0) is 6.54 Å². The first-order chi connectivity index (χ1) is 11.6. The Morgan fingerprint density at radius 3 is 2.46 bits per heavy atom. The van der Waals surface area contributed by atoms with E-state index in [0.717, 1.165) is 36.0 Å². The highest BCUT2D eigenvalue weighted by Crippen LogP contribution is 2.24. The van der Waals surface area contributed by atoms with Gasteiger partial charge in [-0.25, -0.2) is 4.79 Å². The first-order valence-electron chi connectivity index (χ1n) is 8.48. The Morgan fingerprint density at radius 2 is 1.75 bits per heavy atom. The molecule has 24 heavy (non-hydrogen) atoms. The molecule has 0 unspecified atom stereocenters. The summed E-state index contributed by atoms with van der Waals surface area (Å²) in [7, 11) is 0. The quantitative estimate of drug-likeness (QED) is 0.787. The molecule has 4 heteroatoms. The summed E-state index contributed by atoms with van der Waals surface area (Å²) in [6.45, 7) is 0.711. The fourth-order valence-corrected chi connectivity index (χ4v) is 3.32. The number of nitrogens with one attached hydrogen (secondary N) is 1. The van der Waals surface area contributed by atoms with Crippen LogP contribution in [0.15, 0.2) is 48.5 Å². The lowest BCUT2D eigenvalue weighted by molar-refractivity contribution is 0.0697. The van der Waals surface area contributed by atoms with Crippen molar-refractivity contribution in [3.05, 3.63) is 59.7 Å². The average molecular weight is 325 g/mol. The summed E-state index contributed by atoms with van der Waals surface area (Å²) in [4.78, 5) is 11.3. The molecule has 1 aliphatic rings. The van der Waals surface area contributed by atoms with E-state index in [1.54, 1.807) is 12.1 Å². The van der Waals surface area contributed by atoms with Gasteiger partial charge in [-0.05, 0) is 35.6 Å². The summed E-state index contributed by atoms with van der Waals surface area (Å²) in [6, 6.07) is 15.1. The number of aromatic carboxylic acids is 1. The van der Waals surface area contributed by atoms with Crippen LogP contribution >= 0.6 is 0 Å². The van der Waals surface area contributed by atoms with Gasteiger partial charge in [0.15, 0.2) is 0 Å². The second-order valence-corrected chi connectivity index (χ2v) is 6.39. The number of rotatable bonds is 5. The van der Waals surface area contributed by atoms with E-state index in [2.05, 4.69) is 5.32 Å². The van der Waals surface area contributed by atoms with E-state index >= 15 is 0 Å². The molecule has 2 atom stereocenters. The summed E-state index contributed by atoms with van der Waals surface area (Å²) in [5.74, 6) is -0.914. The standard InChI is InChI=1S/C20H23NO3/c22-19-8-4-3-7-18(19)21-13-14-9-11-15(12-10-14)16-5-1-2-6-17(16)20(23)24/h1-2,5-6,9-12,18-19,21-22H,3-4,7-8,13H2,(H,23,24)/t18-,19-/m0/s1. The van der Waals surface area contributed by atoms with E-state index in [1.165, 1.54) is 6.42 Å². The first kappa shape index (κ1) is 16.7. The van der Waals surface area contributed by atoms with Gasteiger partial charge in [0.2, 0.25) is 0 Å². The molecule has 2 aromatic carbocycles. The van der Waals surface area contributed by atoms with Crippen molar-refractivity contribution in [3.63, 3.8) is 0 Å². The van der Waals surface area contributed by atoms with E-state index < -0.39 is 5.97 Å². The van der Waals surface area contributed by atoms with E-state index in [0.29, 0.717) is 12.1 Å². The van der Waals surface area contributed by atoms with E-state index in [1.807, 2.05) is 36.4 Å². The Balaban J connectivity index is 1.69. The second-order valence-electron chi connectivity index (χ2n) is 6.39. The maximum atomic E-state index is 11.3. The van der Waals surface area contributed by atoms with E-state index in [-0.39, 0.29) is 12.1 Å². The Labute approximate surface area is 142 Å². The normalized spacial score (nSPS) is 20.7. The molecule has 0 saturated heterocycles. The lowest BCUT2D eigenvalue weighted by atomic mass is 9.92. The number of carboxylic acids is 1. The van der Waals surface area contributed by atoms with Crippen LogP contribution in [-0.4, -0.2) is 28.3 Å². The highest BCUT2D eigenvalue weighted by molar-refractivity contribution is 5.95. The summed E-state index contributed by atoms with van der Waals surface area (Å²) in [5.41, 5.74) is 3.07. The highest BCUT2D eigenvalue weighted by Gasteiger charge is 2.22. The van der Waals surface area contributed by atoms with Crippen LogP contribution in [0.2, 0.25) is 0 Å². The van der Waals surface area contributed by atoms with E-state index in [4.69, 9.17) is 0 Å². The number of carbonyl (C=O) groups is 1. The Hall–Kier alpha value is -2.17. The fraction of sp³-hybridized carbons (Fsp3) is 0.350. The molecule has 0 aromatic heterocycles. The van der Waals surface area contributed by atoms with Crippen LogP contribution in [0.4, 0.5) is 0 Å². The topological polar surface area (TPSA) is 69.6 Å². The van der Waals surface area contributed by atoms with Gasteiger partial charge in [-0.2, -0.15) is 0 Å². The number of carboxylic acid groups (broad SMARTS) is 1. The zero-order valence-corrected chi connectivity index (χ0v) is 13.6. The van der Waals surface area contributed by atoms with Crippen molar-refractivity contribution in [1.29, 1.82) is 0 Å². The van der Waals surface area contributed by atoms with Crippen LogP contribution < -0.4 is 5.32 Å². The van der Waals surface area contributed by atoms with Gasteiger partial charge in [0.25, 0.3) is 0 Å². The average Bonchev–Trinajstić information content (AvgIpc) is 2.61. The van der Waals surface area contributed by atoms with Gasteiger partial charge in [-0.15, -0.1) is 0 Å². The van der Waals surface area contributed by atoms with Crippen molar-refractivity contribution < 1.29 is 15.0 Å². The first-order valence-corrected chi connectivity index (χ1v) is 8.48. The molecule has 4 nitrogen and oxygen atoms in total. The zero-order valence-electron chi connectivity index (χ0n) is 13.6. The lowest BCUT2D eigenvalue weighted by Gasteiger charge is -2.28. The largest absolute Gasteiger partial charge is 0.478 e. The zero-order chi connectivity index (χ0) is 16.9. The summed E-state index contributed by atoms with van der Waals surface area (Å²) < 4.78 is 0. The third kappa shape index (κ3) is 3.83. The molecule has 126 valence electrons. The minimum atomic E-state index is -0.914. The number of hydrogen-bond donors (Lipinski definition) is 3. The van der Waals surface area contributed by atoms with Gasteiger partial charge >= 0.3 is 5.97 Å². The summed E-state index contributed by atoms with van der Waals surface area (Å²) in [5, 5.41) is 22.7. The van der Waals surface area contributed by atoms with Gasteiger partial charge in [0, 0.05) is 12.6 Å². The number of aliphatic hydroxyl groups is 1. The van der Waals surface area contributed by atoms with Gasteiger partial charge in [0.05, 0.1) is 11.7 Å². The SMILES string of the molecule is O=C(O)c1ccccc1-c1ccc(CN[C@H]2CCCC[C@@H]2O)cc1. The molecule has 1 saturated carbocycles.